The normalized spacial score (nSPS) is 20.9. The first-order valence-electron chi connectivity index (χ1n) is 6.85. The fourth-order valence-corrected chi connectivity index (χ4v) is 3.65. The highest BCUT2D eigenvalue weighted by atomic mass is 32.2. The quantitative estimate of drug-likeness (QED) is 0.838. The largest absolute Gasteiger partial charge is 0.447 e. The molecular formula is C13H23N3O3S. The van der Waals surface area contributed by atoms with Crippen LogP contribution in [-0.4, -0.2) is 57.9 Å². The van der Waals surface area contributed by atoms with Crippen LogP contribution in [0.1, 0.15) is 18.6 Å². The van der Waals surface area contributed by atoms with Gasteiger partial charge in [-0.3, -0.25) is 0 Å². The number of furan rings is 1. The van der Waals surface area contributed by atoms with E-state index in [1.807, 2.05) is 7.05 Å². The van der Waals surface area contributed by atoms with Crippen molar-refractivity contribution in [3.63, 3.8) is 0 Å². The molecule has 0 saturated carbocycles. The van der Waals surface area contributed by atoms with E-state index in [9.17, 15) is 8.42 Å². The second-order valence-electron chi connectivity index (χ2n) is 5.31. The summed E-state index contributed by atoms with van der Waals surface area (Å²) in [6.07, 6.45) is 2.17. The predicted molar refractivity (Wildman–Crippen MR) is 76.9 cm³/mol. The van der Waals surface area contributed by atoms with Crippen molar-refractivity contribution in [2.24, 2.45) is 0 Å². The molecular weight excluding hydrogens is 278 g/mol. The lowest BCUT2D eigenvalue weighted by Gasteiger charge is -2.24. The Bertz CT molecular complexity index is 541. The Hall–Kier alpha value is -0.890. The molecule has 1 fully saturated rings. The van der Waals surface area contributed by atoms with E-state index < -0.39 is 10.0 Å². The molecule has 0 spiro atoms. The van der Waals surface area contributed by atoms with Crippen LogP contribution in [0.2, 0.25) is 0 Å². The molecule has 2 heterocycles. The van der Waals surface area contributed by atoms with Crippen molar-refractivity contribution in [2.75, 3.05) is 34.2 Å². The molecule has 0 aromatic carbocycles. The van der Waals surface area contributed by atoms with E-state index in [1.54, 1.807) is 20.2 Å². The summed E-state index contributed by atoms with van der Waals surface area (Å²) in [6, 6.07) is 3.51. The van der Waals surface area contributed by atoms with Gasteiger partial charge in [0.15, 0.2) is 0 Å². The molecule has 1 aromatic heterocycles. The van der Waals surface area contributed by atoms with E-state index in [1.165, 1.54) is 10.4 Å². The van der Waals surface area contributed by atoms with Gasteiger partial charge in [0, 0.05) is 19.6 Å². The highest BCUT2D eigenvalue weighted by molar-refractivity contribution is 7.89. The first-order valence-corrected chi connectivity index (χ1v) is 8.29. The molecule has 1 aromatic rings. The molecule has 20 heavy (non-hydrogen) atoms. The van der Waals surface area contributed by atoms with Crippen LogP contribution in [0.4, 0.5) is 0 Å². The summed E-state index contributed by atoms with van der Waals surface area (Å²) in [4.78, 5) is 2.21. The van der Waals surface area contributed by atoms with E-state index in [-0.39, 0.29) is 5.09 Å². The average Bonchev–Trinajstić information content (AvgIpc) is 3.00. The van der Waals surface area contributed by atoms with Crippen LogP contribution in [0.25, 0.3) is 0 Å². The Morgan fingerprint density at radius 1 is 1.50 bits per heavy atom. The number of hydrogen-bond donors (Lipinski definition) is 1. The zero-order valence-corrected chi connectivity index (χ0v) is 13.1. The third kappa shape index (κ3) is 3.22. The van der Waals surface area contributed by atoms with Crippen LogP contribution in [0.3, 0.4) is 0 Å². The molecule has 1 saturated heterocycles. The zero-order valence-electron chi connectivity index (χ0n) is 12.3. The minimum Gasteiger partial charge on any atom is -0.447 e. The maximum atomic E-state index is 12.4. The molecule has 1 aliphatic heterocycles. The molecule has 114 valence electrons. The predicted octanol–water partition coefficient (Wildman–Crippen LogP) is 0.714. The fourth-order valence-electron chi connectivity index (χ4n) is 2.52. The standard InChI is InChI=1S/C13H23N3O3S/c1-14-9-12-6-7-13(19-12)20(17,18)16(3)10-11-5-4-8-15(11)2/h6-7,11,14H,4-5,8-10H2,1-3H3. The van der Waals surface area contributed by atoms with Gasteiger partial charge in [-0.15, -0.1) is 0 Å². The SMILES string of the molecule is CNCc1ccc(S(=O)(=O)N(C)CC2CCCN2C)o1. The number of rotatable bonds is 6. The Kier molecular flexibility index (Phi) is 4.85. The number of hydrogen-bond acceptors (Lipinski definition) is 5. The molecule has 1 N–H and O–H groups in total. The van der Waals surface area contributed by atoms with Crippen LogP contribution in [0.15, 0.2) is 21.6 Å². The lowest BCUT2D eigenvalue weighted by molar-refractivity contribution is 0.268. The van der Waals surface area contributed by atoms with Crippen molar-refractivity contribution >= 4 is 10.0 Å². The molecule has 2 rings (SSSR count). The molecule has 0 aliphatic carbocycles. The Morgan fingerprint density at radius 3 is 2.85 bits per heavy atom. The Labute approximate surface area is 120 Å². The van der Waals surface area contributed by atoms with E-state index >= 15 is 0 Å². The summed E-state index contributed by atoms with van der Waals surface area (Å²) in [5.74, 6) is 0.623. The fraction of sp³-hybridized carbons (Fsp3) is 0.692. The molecule has 0 amide bonds. The van der Waals surface area contributed by atoms with Gasteiger partial charge >= 0.3 is 0 Å². The van der Waals surface area contributed by atoms with Crippen molar-refractivity contribution in [2.45, 2.75) is 30.5 Å². The van der Waals surface area contributed by atoms with Crippen molar-refractivity contribution in [3.05, 3.63) is 17.9 Å². The molecule has 0 bridgehead atoms. The van der Waals surface area contributed by atoms with Crippen molar-refractivity contribution in [1.29, 1.82) is 0 Å². The van der Waals surface area contributed by atoms with Crippen molar-refractivity contribution in [1.82, 2.24) is 14.5 Å². The third-order valence-electron chi connectivity index (χ3n) is 3.79. The number of likely N-dealkylation sites (tertiary alicyclic amines) is 1. The second-order valence-corrected chi connectivity index (χ2v) is 7.29. The van der Waals surface area contributed by atoms with E-state index in [4.69, 9.17) is 4.42 Å². The maximum absolute atomic E-state index is 12.4. The summed E-state index contributed by atoms with van der Waals surface area (Å²) >= 11 is 0. The van der Waals surface area contributed by atoms with Gasteiger partial charge in [0.25, 0.3) is 10.0 Å². The summed E-state index contributed by atoms with van der Waals surface area (Å²) in [6.45, 7) is 2.05. The van der Waals surface area contributed by atoms with Gasteiger partial charge in [0.2, 0.25) is 5.09 Å². The molecule has 7 heteroatoms. The number of nitrogens with zero attached hydrogens (tertiary/aromatic N) is 2. The van der Waals surface area contributed by atoms with Crippen LogP contribution in [0, 0.1) is 0 Å². The van der Waals surface area contributed by atoms with Gasteiger partial charge in [-0.1, -0.05) is 0 Å². The highest BCUT2D eigenvalue weighted by Crippen LogP contribution is 2.21. The number of sulfonamides is 1. The van der Waals surface area contributed by atoms with Crippen LogP contribution in [-0.2, 0) is 16.6 Å². The minimum absolute atomic E-state index is 0.0194. The molecule has 1 atom stereocenters. The lowest BCUT2D eigenvalue weighted by atomic mass is 10.2. The van der Waals surface area contributed by atoms with E-state index in [0.717, 1.165) is 19.4 Å². The van der Waals surface area contributed by atoms with Crippen LogP contribution < -0.4 is 5.32 Å². The molecule has 0 radical (unpaired) electrons. The highest BCUT2D eigenvalue weighted by Gasteiger charge is 2.29. The van der Waals surface area contributed by atoms with Gasteiger partial charge < -0.3 is 14.6 Å². The summed E-state index contributed by atoms with van der Waals surface area (Å²) < 4.78 is 31.7. The summed E-state index contributed by atoms with van der Waals surface area (Å²) in [5, 5.41) is 2.95. The first kappa shape index (κ1) is 15.5. The third-order valence-corrected chi connectivity index (χ3v) is 5.49. The smallest absolute Gasteiger partial charge is 0.276 e. The van der Waals surface area contributed by atoms with E-state index in [0.29, 0.717) is 24.9 Å². The van der Waals surface area contributed by atoms with Crippen molar-refractivity contribution in [3.8, 4) is 0 Å². The molecule has 6 nitrogen and oxygen atoms in total. The van der Waals surface area contributed by atoms with Gasteiger partial charge in [0.05, 0.1) is 6.54 Å². The van der Waals surface area contributed by atoms with Gasteiger partial charge in [-0.05, 0) is 45.6 Å². The summed E-state index contributed by atoms with van der Waals surface area (Å²) in [7, 11) is 1.91. The van der Waals surface area contributed by atoms with Crippen LogP contribution in [0.5, 0.6) is 0 Å². The van der Waals surface area contributed by atoms with Crippen LogP contribution >= 0.6 is 0 Å². The average molecular weight is 301 g/mol. The topological polar surface area (TPSA) is 65.8 Å². The van der Waals surface area contributed by atoms with Gasteiger partial charge in [-0.25, -0.2) is 8.42 Å². The van der Waals surface area contributed by atoms with Gasteiger partial charge in [-0.2, -0.15) is 4.31 Å². The van der Waals surface area contributed by atoms with E-state index in [2.05, 4.69) is 10.2 Å². The molecule has 1 unspecified atom stereocenters. The monoisotopic (exact) mass is 301 g/mol. The Morgan fingerprint density at radius 2 is 2.25 bits per heavy atom. The number of likely N-dealkylation sites (N-methyl/N-ethyl adjacent to an activating group) is 2. The first-order chi connectivity index (χ1) is 9.45. The number of nitrogens with one attached hydrogen (secondary N) is 1. The summed E-state index contributed by atoms with van der Waals surface area (Å²) in [5.41, 5.74) is 0. The minimum atomic E-state index is -3.54. The molecule has 1 aliphatic rings. The van der Waals surface area contributed by atoms with Gasteiger partial charge in [0.1, 0.15) is 5.76 Å². The Balaban J connectivity index is 2.08. The lowest BCUT2D eigenvalue weighted by Crippen LogP contribution is -2.39. The van der Waals surface area contributed by atoms with Crippen molar-refractivity contribution < 1.29 is 12.8 Å². The zero-order chi connectivity index (χ0) is 14.8. The maximum Gasteiger partial charge on any atom is 0.276 e. The second kappa shape index (κ2) is 6.26.